The van der Waals surface area contributed by atoms with Gasteiger partial charge in [0.25, 0.3) is 0 Å². The molecule has 3 aromatic heterocycles. The molecule has 0 amide bonds. The highest BCUT2D eigenvalue weighted by atomic mass is 15.0. The molecule has 6 aromatic carbocycles. The molecule has 9 aromatic rings. The number of nitrogens with one attached hydrogen (secondary N) is 1. The largest absolute Gasteiger partial charge is 0.354 e. The fourth-order valence-electron chi connectivity index (χ4n) is 6.63. The first-order valence-electron chi connectivity index (χ1n) is 13.4. The average Bonchev–Trinajstić information content (AvgIpc) is 3.64. The molecule has 3 heteroatoms. The Morgan fingerprint density at radius 2 is 0.923 bits per heavy atom. The summed E-state index contributed by atoms with van der Waals surface area (Å²) < 4.78 is 4.79. The SMILES string of the molecule is c1ccc(-n2c3ccccc3c3c4c(ccc32)[nH]c2ccc(-n3c5ccccc5c5ccccc53)cc24)cc1. The summed E-state index contributed by atoms with van der Waals surface area (Å²) in [6, 6.07) is 48.2. The quantitative estimate of drug-likeness (QED) is 0.246. The topological polar surface area (TPSA) is 25.6 Å². The summed E-state index contributed by atoms with van der Waals surface area (Å²) in [4.78, 5) is 3.71. The molecule has 0 radical (unpaired) electrons. The van der Waals surface area contributed by atoms with Gasteiger partial charge in [0.05, 0.1) is 22.1 Å². The molecule has 0 bridgehead atoms. The van der Waals surface area contributed by atoms with Crippen molar-refractivity contribution in [3.8, 4) is 11.4 Å². The summed E-state index contributed by atoms with van der Waals surface area (Å²) in [7, 11) is 0. The number of rotatable bonds is 2. The third-order valence-electron chi connectivity index (χ3n) is 8.23. The molecular weight excluding hydrogens is 474 g/mol. The van der Waals surface area contributed by atoms with Crippen LogP contribution in [0.5, 0.6) is 0 Å². The van der Waals surface area contributed by atoms with E-state index in [4.69, 9.17) is 0 Å². The van der Waals surface area contributed by atoms with Crippen molar-refractivity contribution in [2.24, 2.45) is 0 Å². The van der Waals surface area contributed by atoms with E-state index in [-0.39, 0.29) is 0 Å². The van der Waals surface area contributed by atoms with Gasteiger partial charge in [-0.1, -0.05) is 72.8 Å². The number of aromatic nitrogens is 3. The fourth-order valence-corrected chi connectivity index (χ4v) is 6.63. The van der Waals surface area contributed by atoms with E-state index in [9.17, 15) is 0 Å². The Hall–Kier alpha value is -5.28. The van der Waals surface area contributed by atoms with Crippen LogP contribution < -0.4 is 0 Å². The maximum absolute atomic E-state index is 3.71. The zero-order chi connectivity index (χ0) is 25.5. The smallest absolute Gasteiger partial charge is 0.0548 e. The first-order valence-corrected chi connectivity index (χ1v) is 13.4. The third-order valence-corrected chi connectivity index (χ3v) is 8.23. The molecule has 0 aliphatic carbocycles. The minimum Gasteiger partial charge on any atom is -0.354 e. The van der Waals surface area contributed by atoms with Gasteiger partial charge < -0.3 is 14.1 Å². The van der Waals surface area contributed by atoms with Crippen LogP contribution in [0.4, 0.5) is 0 Å². The lowest BCUT2D eigenvalue weighted by Gasteiger charge is -2.08. The van der Waals surface area contributed by atoms with Crippen molar-refractivity contribution < 1.29 is 0 Å². The Balaban J connectivity index is 1.43. The summed E-state index contributed by atoms with van der Waals surface area (Å²) >= 11 is 0. The van der Waals surface area contributed by atoms with Gasteiger partial charge in [-0.2, -0.15) is 0 Å². The molecule has 3 nitrogen and oxygen atoms in total. The number of H-pyrrole nitrogens is 1. The van der Waals surface area contributed by atoms with Crippen molar-refractivity contribution in [1.29, 1.82) is 0 Å². The Kier molecular flexibility index (Phi) is 4.05. The van der Waals surface area contributed by atoms with E-state index >= 15 is 0 Å². The maximum Gasteiger partial charge on any atom is 0.0548 e. The Morgan fingerprint density at radius 3 is 1.64 bits per heavy atom. The van der Waals surface area contributed by atoms with E-state index in [2.05, 4.69) is 148 Å². The number of fused-ring (bicyclic) bond motifs is 10. The lowest BCUT2D eigenvalue weighted by atomic mass is 10.0. The van der Waals surface area contributed by atoms with Gasteiger partial charge in [-0.3, -0.25) is 0 Å². The van der Waals surface area contributed by atoms with E-state index in [0.29, 0.717) is 0 Å². The zero-order valence-corrected chi connectivity index (χ0v) is 21.1. The monoisotopic (exact) mass is 497 g/mol. The van der Waals surface area contributed by atoms with Gasteiger partial charge in [-0.05, 0) is 60.7 Å². The lowest BCUT2D eigenvalue weighted by Crippen LogP contribution is -1.93. The van der Waals surface area contributed by atoms with Gasteiger partial charge in [-0.25, -0.2) is 0 Å². The minimum absolute atomic E-state index is 1.15. The highest BCUT2D eigenvalue weighted by Crippen LogP contribution is 2.41. The van der Waals surface area contributed by atoms with Crippen molar-refractivity contribution in [3.63, 3.8) is 0 Å². The van der Waals surface area contributed by atoms with Gasteiger partial charge >= 0.3 is 0 Å². The maximum atomic E-state index is 3.71. The molecule has 9 rings (SSSR count). The van der Waals surface area contributed by atoms with Crippen LogP contribution in [-0.4, -0.2) is 14.1 Å². The van der Waals surface area contributed by atoms with Crippen LogP contribution in [0.15, 0.2) is 133 Å². The predicted octanol–water partition coefficient (Wildman–Crippen LogP) is 9.52. The number of para-hydroxylation sites is 4. The minimum atomic E-state index is 1.15. The first kappa shape index (κ1) is 20.7. The molecule has 182 valence electrons. The van der Waals surface area contributed by atoms with E-state index in [1.807, 2.05) is 0 Å². The fraction of sp³-hybridized carbons (Fsp3) is 0. The molecule has 0 aliphatic heterocycles. The number of hydrogen-bond acceptors (Lipinski definition) is 0. The number of hydrogen-bond donors (Lipinski definition) is 1. The van der Waals surface area contributed by atoms with Gasteiger partial charge in [0.1, 0.15) is 0 Å². The van der Waals surface area contributed by atoms with Crippen LogP contribution in [0.2, 0.25) is 0 Å². The summed E-state index contributed by atoms with van der Waals surface area (Å²) in [6.07, 6.45) is 0. The highest BCUT2D eigenvalue weighted by Gasteiger charge is 2.18. The summed E-state index contributed by atoms with van der Waals surface area (Å²) in [6.45, 7) is 0. The second-order valence-corrected chi connectivity index (χ2v) is 10.3. The summed E-state index contributed by atoms with van der Waals surface area (Å²) in [5.74, 6) is 0. The third kappa shape index (κ3) is 2.76. The highest BCUT2D eigenvalue weighted by molar-refractivity contribution is 6.28. The summed E-state index contributed by atoms with van der Waals surface area (Å²) in [5, 5.41) is 7.63. The van der Waals surface area contributed by atoms with Crippen molar-refractivity contribution in [3.05, 3.63) is 133 Å². The van der Waals surface area contributed by atoms with Gasteiger partial charge in [0, 0.05) is 54.7 Å². The van der Waals surface area contributed by atoms with Crippen molar-refractivity contribution in [2.45, 2.75) is 0 Å². The van der Waals surface area contributed by atoms with Crippen LogP contribution in [-0.2, 0) is 0 Å². The molecular formula is C36H23N3. The van der Waals surface area contributed by atoms with E-state index in [0.717, 1.165) is 11.0 Å². The number of benzene rings is 6. The van der Waals surface area contributed by atoms with E-state index < -0.39 is 0 Å². The number of nitrogens with zero attached hydrogens (tertiary/aromatic N) is 2. The van der Waals surface area contributed by atoms with Crippen LogP contribution in [0, 0.1) is 0 Å². The molecule has 0 aliphatic rings. The molecule has 0 saturated heterocycles. The van der Waals surface area contributed by atoms with Crippen molar-refractivity contribution in [1.82, 2.24) is 14.1 Å². The zero-order valence-electron chi connectivity index (χ0n) is 21.1. The van der Waals surface area contributed by atoms with Crippen LogP contribution in [0.1, 0.15) is 0 Å². The molecule has 0 atom stereocenters. The molecule has 1 N–H and O–H groups in total. The van der Waals surface area contributed by atoms with Crippen molar-refractivity contribution >= 4 is 65.4 Å². The molecule has 3 heterocycles. The van der Waals surface area contributed by atoms with Gasteiger partial charge in [-0.15, -0.1) is 0 Å². The molecule has 39 heavy (non-hydrogen) atoms. The van der Waals surface area contributed by atoms with E-state index in [1.54, 1.807) is 0 Å². The lowest BCUT2D eigenvalue weighted by molar-refractivity contribution is 1.18. The molecule has 0 saturated carbocycles. The van der Waals surface area contributed by atoms with Gasteiger partial charge in [0.15, 0.2) is 0 Å². The first-order chi connectivity index (χ1) is 19.4. The summed E-state index contributed by atoms with van der Waals surface area (Å²) in [5.41, 5.74) is 9.55. The van der Waals surface area contributed by atoms with Crippen LogP contribution in [0.25, 0.3) is 76.8 Å². The van der Waals surface area contributed by atoms with E-state index in [1.165, 1.54) is 65.8 Å². The average molecular weight is 498 g/mol. The Bertz CT molecular complexity index is 2330. The predicted molar refractivity (Wildman–Crippen MR) is 164 cm³/mol. The van der Waals surface area contributed by atoms with Gasteiger partial charge in [0.2, 0.25) is 0 Å². The molecule has 0 unspecified atom stereocenters. The number of aromatic amines is 1. The molecule has 0 fully saturated rings. The van der Waals surface area contributed by atoms with Crippen LogP contribution >= 0.6 is 0 Å². The standard InChI is InChI=1S/C36H23N3/c1-2-10-23(11-3-1)38-33-17-9-6-14-27(33)36-34(38)21-20-30-35(36)28-22-24(18-19-29(28)37-30)39-31-15-7-4-12-25(31)26-13-5-8-16-32(26)39/h1-22,37H. The Labute approximate surface area is 224 Å². The Morgan fingerprint density at radius 1 is 0.359 bits per heavy atom. The second kappa shape index (κ2) is 7.62. The van der Waals surface area contributed by atoms with Crippen LogP contribution in [0.3, 0.4) is 0 Å². The second-order valence-electron chi connectivity index (χ2n) is 10.3. The normalized spacial score (nSPS) is 12.1. The molecule has 0 spiro atoms. The van der Waals surface area contributed by atoms with Crippen molar-refractivity contribution in [2.75, 3.05) is 0 Å².